The second-order valence-electron chi connectivity index (χ2n) is 6.47. The van der Waals surface area contributed by atoms with Gasteiger partial charge in [0.15, 0.2) is 0 Å². The number of hydrogen-bond donors (Lipinski definition) is 1. The molecular formula is C21H26N2O2. The van der Waals surface area contributed by atoms with E-state index in [1.54, 1.807) is 6.20 Å². The molecule has 25 heavy (non-hydrogen) atoms. The molecule has 1 N–H and O–H groups in total. The zero-order chi connectivity index (χ0) is 17.5. The maximum Gasteiger partial charge on any atom is 0.138 e. The molecule has 0 spiro atoms. The van der Waals surface area contributed by atoms with Crippen molar-refractivity contribution >= 4 is 0 Å². The van der Waals surface area contributed by atoms with Gasteiger partial charge < -0.3 is 9.84 Å². The second-order valence-corrected chi connectivity index (χ2v) is 6.47. The fraction of sp³-hybridized carbons (Fsp3) is 0.381. The molecule has 0 radical (unpaired) electrons. The van der Waals surface area contributed by atoms with E-state index in [1.165, 1.54) is 12.0 Å². The number of ether oxygens (including phenoxy) is 1. The number of aliphatic hydroxyl groups excluding tert-OH is 1. The van der Waals surface area contributed by atoms with E-state index < -0.39 is 0 Å². The molecule has 4 nitrogen and oxygen atoms in total. The number of aryl methyl sites for hydroxylation is 1. The van der Waals surface area contributed by atoms with Gasteiger partial charge in [0.1, 0.15) is 12.4 Å². The summed E-state index contributed by atoms with van der Waals surface area (Å²) in [6.45, 7) is 6.76. The van der Waals surface area contributed by atoms with Gasteiger partial charge in [0, 0.05) is 37.5 Å². The quantitative estimate of drug-likeness (QED) is 0.713. The standard InChI is InChI=1S/C21H26N2O2/c1-2-9-23-10-8-20(23)16-25-21-13-19(14-22-15-21)18-7-3-5-17(12-18)6-4-11-24/h2-3,5,7,12-15,20,24H,1,4,6,8-11,16H2/t20-/m0/s1. The Hall–Kier alpha value is -2.17. The Kier molecular flexibility index (Phi) is 6.20. The van der Waals surface area contributed by atoms with E-state index in [4.69, 9.17) is 9.84 Å². The molecule has 0 aliphatic carbocycles. The van der Waals surface area contributed by atoms with E-state index in [-0.39, 0.29) is 6.61 Å². The monoisotopic (exact) mass is 338 g/mol. The highest BCUT2D eigenvalue weighted by Crippen LogP contribution is 2.25. The van der Waals surface area contributed by atoms with E-state index in [0.717, 1.165) is 42.8 Å². The predicted molar refractivity (Wildman–Crippen MR) is 101 cm³/mol. The van der Waals surface area contributed by atoms with Gasteiger partial charge in [-0.2, -0.15) is 0 Å². The van der Waals surface area contributed by atoms with Crippen molar-refractivity contribution in [2.75, 3.05) is 26.3 Å². The summed E-state index contributed by atoms with van der Waals surface area (Å²) in [6.07, 6.45) is 8.43. The van der Waals surface area contributed by atoms with Gasteiger partial charge in [-0.05, 0) is 36.5 Å². The van der Waals surface area contributed by atoms with Crippen LogP contribution in [0.2, 0.25) is 0 Å². The highest BCUT2D eigenvalue weighted by molar-refractivity contribution is 5.64. The van der Waals surface area contributed by atoms with Crippen LogP contribution in [0.3, 0.4) is 0 Å². The minimum atomic E-state index is 0.221. The Bertz CT molecular complexity index is 702. The zero-order valence-electron chi connectivity index (χ0n) is 14.6. The van der Waals surface area contributed by atoms with Gasteiger partial charge in [-0.3, -0.25) is 9.88 Å². The highest BCUT2D eigenvalue weighted by Gasteiger charge is 2.27. The molecule has 0 bridgehead atoms. The molecule has 1 atom stereocenters. The molecule has 2 aromatic rings. The highest BCUT2D eigenvalue weighted by atomic mass is 16.5. The number of nitrogens with zero attached hydrogens (tertiary/aromatic N) is 2. The lowest BCUT2D eigenvalue weighted by Gasteiger charge is -2.39. The molecule has 132 valence electrons. The number of likely N-dealkylation sites (tertiary alicyclic amines) is 1. The number of pyridine rings is 1. The predicted octanol–water partition coefficient (Wildman–Crippen LogP) is 3.31. The van der Waals surface area contributed by atoms with Crippen LogP contribution in [0.1, 0.15) is 18.4 Å². The summed E-state index contributed by atoms with van der Waals surface area (Å²) in [5.41, 5.74) is 3.41. The first kappa shape index (κ1) is 17.6. The van der Waals surface area contributed by atoms with Crippen LogP contribution in [0.25, 0.3) is 11.1 Å². The number of hydrogen-bond acceptors (Lipinski definition) is 4. The summed E-state index contributed by atoms with van der Waals surface area (Å²) in [5.74, 6) is 0.809. The molecule has 1 aliphatic rings. The maximum atomic E-state index is 9.00. The fourth-order valence-corrected chi connectivity index (χ4v) is 3.13. The largest absolute Gasteiger partial charge is 0.490 e. The molecule has 0 amide bonds. The minimum Gasteiger partial charge on any atom is -0.490 e. The molecule has 1 aromatic carbocycles. The van der Waals surface area contributed by atoms with Crippen molar-refractivity contribution in [2.45, 2.75) is 25.3 Å². The van der Waals surface area contributed by atoms with Crippen LogP contribution < -0.4 is 4.74 Å². The van der Waals surface area contributed by atoms with Crippen molar-refractivity contribution < 1.29 is 9.84 Å². The average Bonchev–Trinajstić information content (AvgIpc) is 2.64. The minimum absolute atomic E-state index is 0.221. The fourth-order valence-electron chi connectivity index (χ4n) is 3.13. The van der Waals surface area contributed by atoms with Gasteiger partial charge in [-0.25, -0.2) is 0 Å². The lowest BCUT2D eigenvalue weighted by molar-refractivity contribution is 0.0621. The van der Waals surface area contributed by atoms with Gasteiger partial charge in [0.25, 0.3) is 0 Å². The van der Waals surface area contributed by atoms with Crippen molar-refractivity contribution in [1.82, 2.24) is 9.88 Å². The summed E-state index contributed by atoms with van der Waals surface area (Å²) in [5, 5.41) is 9.00. The van der Waals surface area contributed by atoms with Gasteiger partial charge in [-0.1, -0.05) is 30.3 Å². The topological polar surface area (TPSA) is 45.6 Å². The normalized spacial score (nSPS) is 17.1. The number of benzene rings is 1. The van der Waals surface area contributed by atoms with Crippen molar-refractivity contribution in [3.63, 3.8) is 0 Å². The first-order valence-corrected chi connectivity index (χ1v) is 8.93. The molecule has 0 unspecified atom stereocenters. The summed E-state index contributed by atoms with van der Waals surface area (Å²) >= 11 is 0. The lowest BCUT2D eigenvalue weighted by atomic mass is 10.0. The Labute approximate surface area is 149 Å². The molecule has 1 aliphatic heterocycles. The van der Waals surface area contributed by atoms with Gasteiger partial charge in [0.2, 0.25) is 0 Å². The van der Waals surface area contributed by atoms with Crippen molar-refractivity contribution in [1.29, 1.82) is 0 Å². The van der Waals surface area contributed by atoms with E-state index in [9.17, 15) is 0 Å². The molecule has 4 heteroatoms. The van der Waals surface area contributed by atoms with Crippen molar-refractivity contribution in [3.8, 4) is 16.9 Å². The molecule has 1 saturated heterocycles. The summed E-state index contributed by atoms with van der Waals surface area (Å²) in [6, 6.07) is 10.9. The molecule has 1 aromatic heterocycles. The number of aromatic nitrogens is 1. The first-order chi connectivity index (χ1) is 12.3. The molecule has 3 rings (SSSR count). The van der Waals surface area contributed by atoms with Crippen LogP contribution >= 0.6 is 0 Å². The molecule has 0 saturated carbocycles. The van der Waals surface area contributed by atoms with E-state index in [2.05, 4.69) is 46.8 Å². The summed E-state index contributed by atoms with van der Waals surface area (Å²) in [7, 11) is 0. The van der Waals surface area contributed by atoms with E-state index >= 15 is 0 Å². The van der Waals surface area contributed by atoms with E-state index in [1.807, 2.05) is 12.3 Å². The first-order valence-electron chi connectivity index (χ1n) is 8.93. The third-order valence-electron chi connectivity index (χ3n) is 4.67. The van der Waals surface area contributed by atoms with Crippen LogP contribution in [0.15, 0.2) is 55.4 Å². The number of aliphatic hydroxyl groups is 1. The zero-order valence-corrected chi connectivity index (χ0v) is 14.6. The van der Waals surface area contributed by atoms with Gasteiger partial charge in [-0.15, -0.1) is 6.58 Å². The summed E-state index contributed by atoms with van der Waals surface area (Å²) in [4.78, 5) is 6.71. The lowest BCUT2D eigenvalue weighted by Crippen LogP contribution is -2.50. The Morgan fingerprint density at radius 2 is 2.20 bits per heavy atom. The third kappa shape index (κ3) is 4.68. The van der Waals surface area contributed by atoms with Crippen LogP contribution in [0.5, 0.6) is 5.75 Å². The van der Waals surface area contributed by atoms with Crippen LogP contribution in [-0.2, 0) is 6.42 Å². The van der Waals surface area contributed by atoms with E-state index in [0.29, 0.717) is 12.6 Å². The molecular weight excluding hydrogens is 312 g/mol. The second kappa shape index (κ2) is 8.79. The molecule has 2 heterocycles. The Balaban J connectivity index is 1.64. The van der Waals surface area contributed by atoms with Crippen molar-refractivity contribution in [2.24, 2.45) is 0 Å². The number of rotatable bonds is 9. The summed E-state index contributed by atoms with van der Waals surface area (Å²) < 4.78 is 5.97. The van der Waals surface area contributed by atoms with Gasteiger partial charge >= 0.3 is 0 Å². The van der Waals surface area contributed by atoms with Gasteiger partial charge in [0.05, 0.1) is 6.20 Å². The average molecular weight is 338 g/mol. The van der Waals surface area contributed by atoms with Crippen LogP contribution in [0, 0.1) is 0 Å². The van der Waals surface area contributed by atoms with Crippen LogP contribution in [0.4, 0.5) is 0 Å². The Morgan fingerprint density at radius 1 is 1.28 bits per heavy atom. The van der Waals surface area contributed by atoms with Crippen LogP contribution in [-0.4, -0.2) is 47.3 Å². The smallest absolute Gasteiger partial charge is 0.138 e. The maximum absolute atomic E-state index is 9.00. The SMILES string of the molecule is C=CCN1CC[C@H]1COc1cncc(-c2cccc(CCCO)c2)c1. The third-order valence-corrected chi connectivity index (χ3v) is 4.67. The molecule has 1 fully saturated rings. The van der Waals surface area contributed by atoms with Crippen molar-refractivity contribution in [3.05, 3.63) is 60.9 Å². The Morgan fingerprint density at radius 3 is 2.96 bits per heavy atom.